The number of carbonyl (C=O) groups is 2. The summed E-state index contributed by atoms with van der Waals surface area (Å²) in [5.74, 6) is -0.456. The number of rotatable bonds is 6. The molecule has 5 rings (SSSR count). The Kier molecular flexibility index (Phi) is 6.79. The van der Waals surface area contributed by atoms with Crippen molar-refractivity contribution >= 4 is 62.5 Å². The highest BCUT2D eigenvalue weighted by atomic mass is 35.5. The van der Waals surface area contributed by atoms with Crippen molar-refractivity contribution in [1.29, 1.82) is 0 Å². The molecule has 4 aromatic rings. The molecule has 1 atom stereocenters. The molecule has 0 spiro atoms. The van der Waals surface area contributed by atoms with Crippen LogP contribution in [0.5, 0.6) is 0 Å². The molecule has 0 saturated carbocycles. The summed E-state index contributed by atoms with van der Waals surface area (Å²) >= 11 is 7.46. The van der Waals surface area contributed by atoms with E-state index in [2.05, 4.69) is 10.3 Å². The molecule has 1 unspecified atom stereocenters. The van der Waals surface area contributed by atoms with Crippen LogP contribution in [-0.4, -0.2) is 32.1 Å². The highest BCUT2D eigenvalue weighted by Gasteiger charge is 2.39. The van der Waals surface area contributed by atoms with Crippen molar-refractivity contribution in [3.8, 4) is 0 Å². The number of para-hydroxylation sites is 1. The van der Waals surface area contributed by atoms with Crippen molar-refractivity contribution in [3.05, 3.63) is 102 Å². The Labute approximate surface area is 212 Å². The van der Waals surface area contributed by atoms with Crippen molar-refractivity contribution in [2.75, 3.05) is 5.32 Å². The molecule has 174 valence electrons. The van der Waals surface area contributed by atoms with Crippen LogP contribution in [-0.2, 0) is 16.1 Å². The number of anilines is 1. The first-order valence-corrected chi connectivity index (χ1v) is 12.3. The maximum absolute atomic E-state index is 13.4. The molecule has 3 aromatic carbocycles. The largest absolute Gasteiger partial charge is 0.325 e. The van der Waals surface area contributed by atoms with E-state index in [1.165, 1.54) is 11.8 Å². The van der Waals surface area contributed by atoms with Gasteiger partial charge in [0.05, 0.1) is 28.6 Å². The fourth-order valence-electron chi connectivity index (χ4n) is 3.87. The Morgan fingerprint density at radius 2 is 1.77 bits per heavy atom. The predicted molar refractivity (Wildman–Crippen MR) is 142 cm³/mol. The van der Waals surface area contributed by atoms with Gasteiger partial charge in [0.15, 0.2) is 5.17 Å². The number of nitrogens with one attached hydrogen (secondary N) is 1. The van der Waals surface area contributed by atoms with E-state index in [0.29, 0.717) is 15.9 Å². The molecule has 1 aromatic heterocycles. The fraction of sp³-hybridized carbons (Fsp3) is 0.111. The van der Waals surface area contributed by atoms with E-state index in [1.54, 1.807) is 35.4 Å². The van der Waals surface area contributed by atoms with E-state index in [9.17, 15) is 9.59 Å². The van der Waals surface area contributed by atoms with Gasteiger partial charge in [-0.15, -0.1) is 0 Å². The Bertz CT molecular complexity index is 1420. The molecule has 0 radical (unpaired) electrons. The molecule has 6 nitrogen and oxygen atoms in total. The van der Waals surface area contributed by atoms with Crippen LogP contribution in [0.15, 0.2) is 96.1 Å². The lowest BCUT2D eigenvalue weighted by atomic mass is 10.1. The highest BCUT2D eigenvalue weighted by molar-refractivity contribution is 8.15. The summed E-state index contributed by atoms with van der Waals surface area (Å²) in [6.45, 7) is 0.277. The van der Waals surface area contributed by atoms with E-state index < -0.39 is 5.25 Å². The van der Waals surface area contributed by atoms with Gasteiger partial charge < -0.3 is 5.32 Å². The summed E-state index contributed by atoms with van der Waals surface area (Å²) in [6, 6.07) is 26.5. The van der Waals surface area contributed by atoms with E-state index in [1.807, 2.05) is 60.7 Å². The zero-order chi connectivity index (χ0) is 24.2. The first-order valence-electron chi connectivity index (χ1n) is 11.1. The predicted octanol–water partition coefficient (Wildman–Crippen LogP) is 6.05. The number of aliphatic imine (C=N–C) groups is 1. The lowest BCUT2D eigenvalue weighted by molar-refractivity contribution is -0.128. The van der Waals surface area contributed by atoms with Gasteiger partial charge in [-0.05, 0) is 35.7 Å². The van der Waals surface area contributed by atoms with Crippen molar-refractivity contribution in [3.63, 3.8) is 0 Å². The number of nitrogens with zero attached hydrogens (tertiary/aromatic N) is 3. The molecule has 1 aliphatic rings. The zero-order valence-corrected chi connectivity index (χ0v) is 20.2. The third-order valence-electron chi connectivity index (χ3n) is 5.57. The average Bonchev–Trinajstić information content (AvgIpc) is 3.15. The first-order chi connectivity index (χ1) is 17.1. The van der Waals surface area contributed by atoms with Crippen LogP contribution in [0.2, 0.25) is 5.02 Å². The number of carbonyl (C=O) groups excluding carboxylic acids is 2. The van der Waals surface area contributed by atoms with Crippen LogP contribution in [0.25, 0.3) is 10.8 Å². The van der Waals surface area contributed by atoms with Gasteiger partial charge in [-0.3, -0.25) is 19.5 Å². The van der Waals surface area contributed by atoms with Gasteiger partial charge in [-0.1, -0.05) is 78.0 Å². The quantitative estimate of drug-likeness (QED) is 0.350. The molecule has 35 heavy (non-hydrogen) atoms. The number of halogens is 1. The van der Waals surface area contributed by atoms with Crippen molar-refractivity contribution < 1.29 is 9.59 Å². The number of aromatic nitrogens is 1. The van der Waals surface area contributed by atoms with Gasteiger partial charge >= 0.3 is 0 Å². The van der Waals surface area contributed by atoms with Gasteiger partial charge in [0, 0.05) is 18.0 Å². The number of thioether (sulfide) groups is 1. The Morgan fingerprint density at radius 1 is 1.00 bits per heavy atom. The van der Waals surface area contributed by atoms with Crippen LogP contribution in [0.4, 0.5) is 11.4 Å². The maximum atomic E-state index is 13.4. The minimum absolute atomic E-state index is 0.00198. The summed E-state index contributed by atoms with van der Waals surface area (Å²) < 4.78 is 0. The fourth-order valence-corrected chi connectivity index (χ4v) is 5.20. The molecule has 2 heterocycles. The Hall–Kier alpha value is -3.68. The Balaban J connectivity index is 1.43. The summed E-state index contributed by atoms with van der Waals surface area (Å²) in [6.07, 6.45) is 1.70. The smallest absolute Gasteiger partial charge is 0.243 e. The summed E-state index contributed by atoms with van der Waals surface area (Å²) in [5.41, 5.74) is 2.03. The SMILES string of the molecule is O=C(CC1SC(=Nc2cccc3ccccc23)N(Cc2ccccn2)C1=O)Nc1ccccc1Cl. The van der Waals surface area contributed by atoms with Crippen molar-refractivity contribution in [2.24, 2.45) is 4.99 Å². The second kappa shape index (κ2) is 10.3. The normalized spacial score (nSPS) is 16.7. The Morgan fingerprint density at radius 3 is 2.60 bits per heavy atom. The van der Waals surface area contributed by atoms with Crippen LogP contribution in [0, 0.1) is 0 Å². The van der Waals surface area contributed by atoms with Gasteiger partial charge in [-0.2, -0.15) is 0 Å². The van der Waals surface area contributed by atoms with Gasteiger partial charge in [-0.25, -0.2) is 4.99 Å². The standard InChI is InChI=1S/C27H21ClN4O2S/c28-21-12-3-4-13-23(21)30-25(33)16-24-26(34)32(17-19-10-5-6-15-29-19)27(35-24)31-22-14-7-9-18-8-1-2-11-20(18)22/h1-15,24H,16-17H2,(H,30,33). The molecule has 8 heteroatoms. The second-order valence-corrected chi connectivity index (χ2v) is 9.55. The summed E-state index contributed by atoms with van der Waals surface area (Å²) in [7, 11) is 0. The summed E-state index contributed by atoms with van der Waals surface area (Å²) in [5, 5.41) is 5.26. The van der Waals surface area contributed by atoms with Gasteiger partial charge in [0.2, 0.25) is 11.8 Å². The van der Waals surface area contributed by atoms with Gasteiger partial charge in [0.25, 0.3) is 0 Å². The molecule has 1 fully saturated rings. The molecule has 2 amide bonds. The molecule has 0 aliphatic carbocycles. The molecule has 1 saturated heterocycles. The number of amidine groups is 1. The number of amides is 2. The molecular formula is C27H21ClN4O2S. The number of benzene rings is 3. The van der Waals surface area contributed by atoms with Crippen molar-refractivity contribution in [1.82, 2.24) is 9.88 Å². The average molecular weight is 501 g/mol. The van der Waals surface area contributed by atoms with Crippen molar-refractivity contribution in [2.45, 2.75) is 18.2 Å². The minimum atomic E-state index is -0.602. The molecular weight excluding hydrogens is 480 g/mol. The lowest BCUT2D eigenvalue weighted by Crippen LogP contribution is -2.33. The third kappa shape index (κ3) is 5.21. The van der Waals surface area contributed by atoms with E-state index >= 15 is 0 Å². The van der Waals surface area contributed by atoms with Crippen LogP contribution >= 0.6 is 23.4 Å². The molecule has 0 bridgehead atoms. The second-order valence-electron chi connectivity index (χ2n) is 7.98. The lowest BCUT2D eigenvalue weighted by Gasteiger charge is -2.16. The van der Waals surface area contributed by atoms with Crippen LogP contribution < -0.4 is 5.32 Å². The summed E-state index contributed by atoms with van der Waals surface area (Å²) in [4.78, 5) is 37.0. The first kappa shape index (κ1) is 23.1. The number of fused-ring (bicyclic) bond motifs is 1. The number of hydrogen-bond acceptors (Lipinski definition) is 5. The van der Waals surface area contributed by atoms with E-state index in [-0.39, 0.29) is 24.8 Å². The van der Waals surface area contributed by atoms with Crippen LogP contribution in [0.3, 0.4) is 0 Å². The number of pyridine rings is 1. The topological polar surface area (TPSA) is 74.7 Å². The van der Waals surface area contributed by atoms with E-state index in [0.717, 1.165) is 22.2 Å². The minimum Gasteiger partial charge on any atom is -0.325 e. The van der Waals surface area contributed by atoms with Gasteiger partial charge in [0.1, 0.15) is 5.25 Å². The molecule has 1 N–H and O–H groups in total. The monoisotopic (exact) mass is 500 g/mol. The van der Waals surface area contributed by atoms with E-state index in [4.69, 9.17) is 16.6 Å². The number of hydrogen-bond donors (Lipinski definition) is 1. The highest BCUT2D eigenvalue weighted by Crippen LogP contribution is 2.35. The molecule has 1 aliphatic heterocycles. The van der Waals surface area contributed by atoms with Crippen LogP contribution in [0.1, 0.15) is 12.1 Å². The third-order valence-corrected chi connectivity index (χ3v) is 7.07. The zero-order valence-electron chi connectivity index (χ0n) is 18.6. The maximum Gasteiger partial charge on any atom is 0.243 e.